The molecule has 3 heterocycles. The summed E-state index contributed by atoms with van der Waals surface area (Å²) in [4.78, 5) is 25.3. The molecular formula is C30H32F4N8O2S. The average Bonchev–Trinajstić information content (AvgIpc) is 3.78. The van der Waals surface area contributed by atoms with Crippen LogP contribution in [0.4, 0.5) is 39.5 Å². The number of rotatable bonds is 9. The number of piperazine rings is 1. The molecular weight excluding hydrogens is 612 g/mol. The Kier molecular flexibility index (Phi) is 8.86. The first-order valence-electron chi connectivity index (χ1n) is 14.5. The predicted octanol–water partition coefficient (Wildman–Crippen LogP) is 6.14. The van der Waals surface area contributed by atoms with Gasteiger partial charge in [0, 0.05) is 68.5 Å². The van der Waals surface area contributed by atoms with Crippen molar-refractivity contribution in [1.82, 2.24) is 24.3 Å². The van der Waals surface area contributed by atoms with Crippen molar-refractivity contribution < 1.29 is 26.9 Å². The van der Waals surface area contributed by atoms with Gasteiger partial charge in [0.25, 0.3) is 0 Å². The van der Waals surface area contributed by atoms with Gasteiger partial charge in [-0.25, -0.2) is 19.2 Å². The van der Waals surface area contributed by atoms with Crippen molar-refractivity contribution in [3.63, 3.8) is 0 Å². The van der Waals surface area contributed by atoms with E-state index < -0.39 is 23.6 Å². The number of nitrogens with zero attached hydrogens (tertiary/aromatic N) is 5. The first-order chi connectivity index (χ1) is 21.6. The fourth-order valence-corrected chi connectivity index (χ4v) is 6.00. The van der Waals surface area contributed by atoms with Gasteiger partial charge in [-0.3, -0.25) is 9.80 Å². The fourth-order valence-electron chi connectivity index (χ4n) is 5.66. The molecule has 2 fully saturated rings. The minimum Gasteiger partial charge on any atom is -0.383 e. The maximum Gasteiger partial charge on any atom is 0.416 e. The molecule has 0 spiro atoms. The number of amides is 2. The summed E-state index contributed by atoms with van der Waals surface area (Å²) in [5, 5.41) is 5.39. The van der Waals surface area contributed by atoms with Crippen LogP contribution in [0.25, 0.3) is 22.2 Å². The minimum atomic E-state index is -4.64. The van der Waals surface area contributed by atoms with E-state index in [9.17, 15) is 18.0 Å². The molecule has 5 N–H and O–H groups in total. The van der Waals surface area contributed by atoms with Crippen LogP contribution in [-0.4, -0.2) is 73.4 Å². The Labute approximate surface area is 260 Å². The largest absolute Gasteiger partial charge is 0.416 e. The predicted molar refractivity (Wildman–Crippen MR) is 166 cm³/mol. The van der Waals surface area contributed by atoms with E-state index in [1.54, 1.807) is 6.07 Å². The molecule has 2 aliphatic rings. The van der Waals surface area contributed by atoms with Crippen molar-refractivity contribution in [2.24, 2.45) is 0 Å². The molecule has 0 bridgehead atoms. The number of hydrogen-bond acceptors (Lipinski definition) is 8. The zero-order valence-corrected chi connectivity index (χ0v) is 25.0. The second-order valence-corrected chi connectivity index (χ2v) is 11.9. The molecule has 4 aromatic rings. The van der Waals surface area contributed by atoms with E-state index in [0.29, 0.717) is 60.1 Å². The lowest BCUT2D eigenvalue weighted by atomic mass is 10.0. The number of carbonyl (C=O) groups is 1. The standard InChI is InChI=1S/C30H32F4N8O2S/c31-24-13-18(22-16-42(21-4-5-21)28-26(22)27(35)36-17-37-28)2-6-25(24)39-29(43)38-20-3-1-19(23(14-20)30(32,33)34)15-41-9-7-40(8-10-41)11-12-45-44/h1-3,6,13-14,16-17,21,44H,4-5,7-12,15H2,(H2,35,36,37)(H2,38,39,43). The number of nitrogens with two attached hydrogens (primary N) is 1. The number of carbonyl (C=O) groups excluding carboxylic acids is 1. The third-order valence-electron chi connectivity index (χ3n) is 8.14. The third-order valence-corrected chi connectivity index (χ3v) is 8.50. The number of hydrogen-bond donors (Lipinski definition) is 4. The van der Waals surface area contributed by atoms with Gasteiger partial charge in [0.05, 0.1) is 16.6 Å². The molecule has 2 amide bonds. The summed E-state index contributed by atoms with van der Waals surface area (Å²) in [6.45, 7) is 3.43. The number of anilines is 3. The first kappa shape index (κ1) is 31.1. The third kappa shape index (κ3) is 7.01. The van der Waals surface area contributed by atoms with Crippen molar-refractivity contribution in [3.05, 3.63) is 65.9 Å². The van der Waals surface area contributed by atoms with Crippen molar-refractivity contribution in [3.8, 4) is 11.1 Å². The number of aromatic nitrogens is 3. The second kappa shape index (κ2) is 12.8. The number of nitrogen functional groups attached to an aromatic ring is 1. The van der Waals surface area contributed by atoms with Gasteiger partial charge in [0.15, 0.2) is 0 Å². The van der Waals surface area contributed by atoms with Crippen LogP contribution in [0, 0.1) is 5.82 Å². The average molecular weight is 645 g/mol. The van der Waals surface area contributed by atoms with Crippen LogP contribution in [0.1, 0.15) is 30.0 Å². The summed E-state index contributed by atoms with van der Waals surface area (Å²) in [5.41, 5.74) is 7.03. The molecule has 0 atom stereocenters. The van der Waals surface area contributed by atoms with Gasteiger partial charge in [0.1, 0.15) is 23.6 Å². The van der Waals surface area contributed by atoms with Crippen LogP contribution in [0.3, 0.4) is 0 Å². The summed E-state index contributed by atoms with van der Waals surface area (Å²) in [6.07, 6.45) is 0.651. The highest BCUT2D eigenvalue weighted by Gasteiger charge is 2.34. The molecule has 10 nitrogen and oxygen atoms in total. The number of alkyl halides is 3. The van der Waals surface area contributed by atoms with Gasteiger partial charge in [-0.1, -0.05) is 12.1 Å². The van der Waals surface area contributed by atoms with E-state index in [1.165, 1.54) is 30.6 Å². The Balaban J connectivity index is 1.14. The Hall–Kier alpha value is -3.92. The van der Waals surface area contributed by atoms with Crippen molar-refractivity contribution in [2.75, 3.05) is 54.8 Å². The summed E-state index contributed by atoms with van der Waals surface area (Å²) < 4.78 is 68.2. The number of fused-ring (bicyclic) bond motifs is 1. The van der Waals surface area contributed by atoms with Crippen LogP contribution in [0.15, 0.2) is 48.9 Å². The Morgan fingerprint density at radius 3 is 2.49 bits per heavy atom. The van der Waals surface area contributed by atoms with Crippen molar-refractivity contribution >= 4 is 46.3 Å². The summed E-state index contributed by atoms with van der Waals surface area (Å²) in [7, 11) is 0. The molecule has 2 aromatic heterocycles. The summed E-state index contributed by atoms with van der Waals surface area (Å²) in [5.74, 6) is 0.125. The van der Waals surface area contributed by atoms with Gasteiger partial charge >= 0.3 is 12.2 Å². The highest BCUT2D eigenvalue weighted by Crippen LogP contribution is 2.42. The number of benzene rings is 2. The maximum atomic E-state index is 15.2. The molecule has 6 rings (SSSR count). The molecule has 1 aliphatic carbocycles. The van der Waals surface area contributed by atoms with Gasteiger partial charge in [0.2, 0.25) is 0 Å². The van der Waals surface area contributed by atoms with Crippen LogP contribution < -0.4 is 16.4 Å². The second-order valence-electron chi connectivity index (χ2n) is 11.2. The number of nitrogens with one attached hydrogen (secondary N) is 2. The van der Waals surface area contributed by atoms with Crippen LogP contribution in [0.2, 0.25) is 0 Å². The SMILES string of the molecule is Nc1ncnc2c1c(-c1ccc(NC(=O)Nc3ccc(CN4CCN(CCSO)CC4)c(C(F)(F)F)c3)c(F)c1)cn2C1CC1. The Morgan fingerprint density at radius 1 is 1.04 bits per heavy atom. The Bertz CT molecular complexity index is 1700. The van der Waals surface area contributed by atoms with Crippen molar-refractivity contribution in [2.45, 2.75) is 31.6 Å². The zero-order chi connectivity index (χ0) is 31.7. The highest BCUT2D eigenvalue weighted by molar-refractivity contribution is 7.93. The van der Waals surface area contributed by atoms with Crippen LogP contribution in [0.5, 0.6) is 0 Å². The molecule has 0 unspecified atom stereocenters. The molecule has 1 saturated heterocycles. The molecule has 45 heavy (non-hydrogen) atoms. The first-order valence-corrected chi connectivity index (χ1v) is 15.4. The topological polar surface area (TPSA) is 125 Å². The smallest absolute Gasteiger partial charge is 0.383 e. The fraction of sp³-hybridized carbons (Fsp3) is 0.367. The van der Waals surface area contributed by atoms with E-state index in [4.69, 9.17) is 10.3 Å². The number of halogens is 4. The normalized spacial score (nSPS) is 16.3. The number of urea groups is 1. The highest BCUT2D eigenvalue weighted by atomic mass is 32.2. The van der Waals surface area contributed by atoms with Gasteiger partial charge in [-0.15, -0.1) is 0 Å². The van der Waals surface area contributed by atoms with Crippen LogP contribution >= 0.6 is 12.0 Å². The monoisotopic (exact) mass is 644 g/mol. The van der Waals surface area contributed by atoms with Crippen LogP contribution in [-0.2, 0) is 12.7 Å². The lowest BCUT2D eigenvalue weighted by molar-refractivity contribution is -0.138. The lowest BCUT2D eigenvalue weighted by Crippen LogP contribution is -2.46. The molecule has 0 radical (unpaired) electrons. The molecule has 1 aliphatic heterocycles. The molecule has 238 valence electrons. The quantitative estimate of drug-likeness (QED) is 0.127. The maximum absolute atomic E-state index is 15.2. The van der Waals surface area contributed by atoms with E-state index >= 15 is 4.39 Å². The zero-order valence-electron chi connectivity index (χ0n) is 24.1. The van der Waals surface area contributed by atoms with Crippen molar-refractivity contribution in [1.29, 1.82) is 0 Å². The molecule has 1 saturated carbocycles. The van der Waals surface area contributed by atoms with E-state index in [1.807, 2.05) is 15.7 Å². The Morgan fingerprint density at radius 2 is 1.80 bits per heavy atom. The van der Waals surface area contributed by atoms with E-state index in [0.717, 1.165) is 37.5 Å². The molecule has 2 aromatic carbocycles. The molecule has 15 heteroatoms. The summed E-state index contributed by atoms with van der Waals surface area (Å²) >= 11 is 0.772. The van der Waals surface area contributed by atoms with Gasteiger partial charge < -0.3 is 25.5 Å². The van der Waals surface area contributed by atoms with Gasteiger partial charge in [-0.05, 0) is 60.3 Å². The summed E-state index contributed by atoms with van der Waals surface area (Å²) in [6, 6.07) is 7.34. The van der Waals surface area contributed by atoms with E-state index in [2.05, 4.69) is 25.5 Å². The lowest BCUT2D eigenvalue weighted by Gasteiger charge is -2.35. The minimum absolute atomic E-state index is 0.0738. The van der Waals surface area contributed by atoms with Gasteiger partial charge in [-0.2, -0.15) is 13.2 Å². The van der Waals surface area contributed by atoms with E-state index in [-0.39, 0.29) is 29.3 Å².